The van der Waals surface area contributed by atoms with Crippen molar-refractivity contribution in [2.45, 2.75) is 40.5 Å². The van der Waals surface area contributed by atoms with Gasteiger partial charge in [0.25, 0.3) is 0 Å². The van der Waals surface area contributed by atoms with Crippen LogP contribution < -0.4 is 0 Å². The van der Waals surface area contributed by atoms with Crippen LogP contribution in [0, 0.1) is 46.3 Å². The minimum absolute atomic E-state index is 0.0615. The van der Waals surface area contributed by atoms with E-state index in [1.54, 1.807) is 0 Å². The van der Waals surface area contributed by atoms with Gasteiger partial charge in [0.2, 0.25) is 0 Å². The fourth-order valence-corrected chi connectivity index (χ4v) is 1.63. The van der Waals surface area contributed by atoms with Gasteiger partial charge in [0.1, 0.15) is 0 Å². The first kappa shape index (κ1) is 16.6. The summed E-state index contributed by atoms with van der Waals surface area (Å²) >= 11 is 0. The molecule has 0 spiro atoms. The fourth-order valence-electron chi connectivity index (χ4n) is 1.63. The molecule has 0 aliphatic heterocycles. The lowest BCUT2D eigenvalue weighted by Crippen LogP contribution is -2.08. The van der Waals surface area contributed by atoms with E-state index in [1.807, 2.05) is 27.7 Å². The van der Waals surface area contributed by atoms with Crippen molar-refractivity contribution in [3.05, 3.63) is 0 Å². The molecule has 0 amide bonds. The van der Waals surface area contributed by atoms with Crippen LogP contribution in [-0.2, 0) is 0 Å². The monoisotopic (exact) mass is 248 g/mol. The minimum atomic E-state index is 0.0615. The van der Waals surface area contributed by atoms with Crippen LogP contribution in [0.15, 0.2) is 10.2 Å². The highest BCUT2D eigenvalue weighted by Gasteiger charge is 2.12. The van der Waals surface area contributed by atoms with Gasteiger partial charge in [0.15, 0.2) is 0 Å². The van der Waals surface area contributed by atoms with E-state index in [0.29, 0.717) is 24.9 Å². The molecule has 0 aliphatic rings. The quantitative estimate of drug-likeness (QED) is 0.613. The zero-order chi connectivity index (χ0) is 14.0. The second-order valence-electron chi connectivity index (χ2n) is 5.27. The average molecular weight is 248 g/mol. The van der Waals surface area contributed by atoms with Gasteiger partial charge >= 0.3 is 0 Å². The molecule has 0 aliphatic carbocycles. The maximum Gasteiger partial charge on any atom is 0.0659 e. The molecule has 4 heteroatoms. The Morgan fingerprint density at radius 3 is 1.33 bits per heavy atom. The van der Waals surface area contributed by atoms with Crippen molar-refractivity contribution in [3.63, 3.8) is 0 Å². The first-order valence-corrected chi connectivity index (χ1v) is 6.65. The molecule has 100 valence electrons. The third kappa shape index (κ3) is 7.01. The van der Waals surface area contributed by atoms with Gasteiger partial charge in [-0.2, -0.15) is 20.8 Å². The van der Waals surface area contributed by atoms with Gasteiger partial charge in [-0.1, -0.05) is 27.7 Å². The number of nitriles is 2. The van der Waals surface area contributed by atoms with Crippen molar-refractivity contribution in [1.29, 1.82) is 10.5 Å². The highest BCUT2D eigenvalue weighted by Crippen LogP contribution is 2.15. The Labute approximate surface area is 111 Å². The van der Waals surface area contributed by atoms with E-state index in [9.17, 15) is 0 Å². The van der Waals surface area contributed by atoms with Crippen LogP contribution in [-0.4, -0.2) is 13.1 Å². The standard InChI is InChI=1S/C14H24N4/c1-11(2)13(9-15)5-7-17-18-8-6-14(10-16)12(3)4/h11-14H,5-8H2,1-4H3. The summed E-state index contributed by atoms with van der Waals surface area (Å²) in [5, 5.41) is 26.0. The second kappa shape index (κ2) is 9.59. The molecule has 0 saturated heterocycles. The Morgan fingerprint density at radius 1 is 0.778 bits per heavy atom. The van der Waals surface area contributed by atoms with Gasteiger partial charge in [0.05, 0.1) is 37.1 Å². The van der Waals surface area contributed by atoms with Gasteiger partial charge < -0.3 is 0 Å². The summed E-state index contributed by atoms with van der Waals surface area (Å²) < 4.78 is 0. The van der Waals surface area contributed by atoms with E-state index in [2.05, 4.69) is 22.4 Å². The number of rotatable bonds is 8. The lowest BCUT2D eigenvalue weighted by molar-refractivity contribution is 0.439. The second-order valence-corrected chi connectivity index (χ2v) is 5.27. The van der Waals surface area contributed by atoms with Crippen molar-refractivity contribution >= 4 is 0 Å². The lowest BCUT2D eigenvalue weighted by atomic mass is 9.94. The Hall–Kier alpha value is -1.42. The van der Waals surface area contributed by atoms with Gasteiger partial charge in [-0.3, -0.25) is 0 Å². The molecule has 0 bridgehead atoms. The predicted octanol–water partition coefficient (Wildman–Crippen LogP) is 3.81. The first-order valence-electron chi connectivity index (χ1n) is 6.65. The van der Waals surface area contributed by atoms with E-state index in [4.69, 9.17) is 10.5 Å². The molecular formula is C14H24N4. The maximum absolute atomic E-state index is 8.91. The SMILES string of the molecule is CC(C)C(C#N)CCN=NCCC(C#N)C(C)C. The smallest absolute Gasteiger partial charge is 0.0659 e. The average Bonchev–Trinajstić information content (AvgIpc) is 2.32. The topological polar surface area (TPSA) is 72.3 Å². The van der Waals surface area contributed by atoms with Crippen LogP contribution in [0.1, 0.15) is 40.5 Å². The summed E-state index contributed by atoms with van der Waals surface area (Å²) in [4.78, 5) is 0. The normalized spacial score (nSPS) is 14.7. The van der Waals surface area contributed by atoms with Crippen molar-refractivity contribution in [2.75, 3.05) is 13.1 Å². The van der Waals surface area contributed by atoms with Crippen molar-refractivity contribution in [2.24, 2.45) is 33.9 Å². The highest BCUT2D eigenvalue weighted by molar-refractivity contribution is 4.86. The van der Waals surface area contributed by atoms with Crippen molar-refractivity contribution in [3.8, 4) is 12.1 Å². The third-order valence-corrected chi connectivity index (χ3v) is 3.12. The minimum Gasteiger partial charge on any atom is -0.198 e. The molecule has 0 radical (unpaired) electrons. The molecule has 18 heavy (non-hydrogen) atoms. The van der Waals surface area contributed by atoms with Crippen LogP contribution in [0.2, 0.25) is 0 Å². The van der Waals surface area contributed by atoms with Gasteiger partial charge in [-0.15, -0.1) is 0 Å². The number of azo groups is 1. The molecule has 0 aromatic carbocycles. The van der Waals surface area contributed by atoms with E-state index >= 15 is 0 Å². The number of hydrogen-bond acceptors (Lipinski definition) is 4. The van der Waals surface area contributed by atoms with Crippen LogP contribution in [0.3, 0.4) is 0 Å². The first-order chi connectivity index (χ1) is 8.52. The maximum atomic E-state index is 8.91. The summed E-state index contributed by atoms with van der Waals surface area (Å²) in [6.07, 6.45) is 1.53. The zero-order valence-corrected chi connectivity index (χ0v) is 11.9. The van der Waals surface area contributed by atoms with Crippen LogP contribution in [0.4, 0.5) is 0 Å². The number of nitrogens with zero attached hydrogens (tertiary/aromatic N) is 4. The molecule has 0 heterocycles. The molecule has 2 unspecified atom stereocenters. The van der Waals surface area contributed by atoms with Crippen LogP contribution >= 0.6 is 0 Å². The van der Waals surface area contributed by atoms with Gasteiger partial charge in [-0.25, -0.2) is 0 Å². The Morgan fingerprint density at radius 2 is 1.11 bits per heavy atom. The molecule has 2 atom stereocenters. The van der Waals surface area contributed by atoms with E-state index in [0.717, 1.165) is 12.8 Å². The summed E-state index contributed by atoms with van der Waals surface area (Å²) in [6, 6.07) is 4.58. The molecule has 4 nitrogen and oxygen atoms in total. The molecule has 0 aromatic heterocycles. The Kier molecular flexibility index (Phi) is 8.84. The third-order valence-electron chi connectivity index (χ3n) is 3.12. The molecular weight excluding hydrogens is 224 g/mol. The highest BCUT2D eigenvalue weighted by atomic mass is 15.1. The Bertz CT molecular complexity index is 288. The number of hydrogen-bond donors (Lipinski definition) is 0. The molecule has 0 aromatic rings. The van der Waals surface area contributed by atoms with Gasteiger partial charge in [0, 0.05) is 0 Å². The largest absolute Gasteiger partial charge is 0.198 e. The fraction of sp³-hybridized carbons (Fsp3) is 0.857. The molecule has 0 N–H and O–H groups in total. The van der Waals surface area contributed by atoms with Crippen LogP contribution in [0.5, 0.6) is 0 Å². The van der Waals surface area contributed by atoms with Crippen LogP contribution in [0.25, 0.3) is 0 Å². The predicted molar refractivity (Wildman–Crippen MR) is 71.7 cm³/mol. The molecule has 0 rings (SSSR count). The van der Waals surface area contributed by atoms with E-state index in [1.165, 1.54) is 0 Å². The lowest BCUT2D eigenvalue weighted by Gasteiger charge is -2.11. The summed E-state index contributed by atoms with van der Waals surface area (Å²) in [5.41, 5.74) is 0. The summed E-state index contributed by atoms with van der Waals surface area (Å²) in [6.45, 7) is 9.40. The summed E-state index contributed by atoms with van der Waals surface area (Å²) in [7, 11) is 0. The van der Waals surface area contributed by atoms with Crippen molar-refractivity contribution in [1.82, 2.24) is 0 Å². The molecule has 0 fully saturated rings. The zero-order valence-electron chi connectivity index (χ0n) is 11.9. The molecule has 0 saturated carbocycles. The Balaban J connectivity index is 3.80. The summed E-state index contributed by atoms with van der Waals surface area (Å²) in [5.74, 6) is 0.862. The van der Waals surface area contributed by atoms with E-state index < -0.39 is 0 Å². The van der Waals surface area contributed by atoms with Gasteiger partial charge in [-0.05, 0) is 24.7 Å². The van der Waals surface area contributed by atoms with E-state index in [-0.39, 0.29) is 11.8 Å². The van der Waals surface area contributed by atoms with Crippen molar-refractivity contribution < 1.29 is 0 Å².